The standard InChI is InChI=1S/C56H107N2O6P/c1-6-8-10-12-14-16-18-20-21-22-23-24-25-26-27-28-29-30-31-32-33-34-35-36-37-38-39-41-43-45-47-49-55(59)54(53-64-65(61,62)63-52-51-58(3,4)5)57-56(60)50-48-46-44-42-40-19-17-15-13-11-9-7-2/h15,17,35-36,39,41,47,49,54-55,59H,6-14,16,18-34,37-38,40,42-46,48,50-53H2,1-5H3,(H-,57,60,61,62)/b17-15-,36-35+,41-39+,49-47+. The average molecular weight is 935 g/mol. The van der Waals surface area contributed by atoms with Crippen molar-refractivity contribution in [2.75, 3.05) is 40.9 Å². The summed E-state index contributed by atoms with van der Waals surface area (Å²) in [5.41, 5.74) is 0. The van der Waals surface area contributed by atoms with E-state index in [0.717, 1.165) is 64.2 Å². The lowest BCUT2D eigenvalue weighted by molar-refractivity contribution is -0.870. The van der Waals surface area contributed by atoms with Gasteiger partial charge in [-0.1, -0.05) is 223 Å². The Morgan fingerprint density at radius 1 is 0.523 bits per heavy atom. The molecular formula is C56H107N2O6P. The number of aliphatic hydroxyl groups excluding tert-OH is 1. The highest BCUT2D eigenvalue weighted by molar-refractivity contribution is 7.45. The molecule has 0 spiro atoms. The fraction of sp³-hybridized carbons (Fsp3) is 0.839. The molecule has 3 atom stereocenters. The molecular weight excluding hydrogens is 828 g/mol. The Kier molecular flexibility index (Phi) is 46.4. The van der Waals surface area contributed by atoms with Gasteiger partial charge in [0.25, 0.3) is 7.82 Å². The molecule has 2 N–H and O–H groups in total. The SMILES string of the molecule is CCCCC/C=C\CCCCCCCC(=O)NC(COP(=O)([O-])OCC[N+](C)(C)C)C(O)/C=C/CC/C=C/CC/C=C/CCCCCCCCCCCCCCCCCCCCCCC. The summed E-state index contributed by atoms with van der Waals surface area (Å²) in [7, 11) is 1.23. The van der Waals surface area contributed by atoms with Crippen molar-refractivity contribution >= 4 is 13.7 Å². The number of carbonyl (C=O) groups is 1. The number of rotatable bonds is 50. The van der Waals surface area contributed by atoms with Crippen molar-refractivity contribution in [3.8, 4) is 0 Å². The smallest absolute Gasteiger partial charge is 0.268 e. The fourth-order valence-electron chi connectivity index (χ4n) is 7.89. The van der Waals surface area contributed by atoms with Crippen molar-refractivity contribution in [1.29, 1.82) is 0 Å². The second kappa shape index (κ2) is 47.5. The number of phosphoric acid groups is 1. The minimum Gasteiger partial charge on any atom is -0.756 e. The number of phosphoric ester groups is 1. The molecule has 0 fully saturated rings. The minimum atomic E-state index is -4.61. The van der Waals surface area contributed by atoms with Gasteiger partial charge in [0, 0.05) is 6.42 Å². The predicted molar refractivity (Wildman–Crippen MR) is 279 cm³/mol. The summed E-state index contributed by atoms with van der Waals surface area (Å²) in [6.07, 6.45) is 62.1. The number of allylic oxidation sites excluding steroid dienone is 7. The molecule has 3 unspecified atom stereocenters. The number of carbonyl (C=O) groups excluding carboxylic acids is 1. The molecule has 0 heterocycles. The number of nitrogens with one attached hydrogen (secondary N) is 1. The van der Waals surface area contributed by atoms with Crippen LogP contribution in [-0.2, 0) is 18.4 Å². The van der Waals surface area contributed by atoms with E-state index in [9.17, 15) is 19.4 Å². The Balaban J connectivity index is 4.18. The van der Waals surface area contributed by atoms with Crippen molar-refractivity contribution in [2.45, 2.75) is 264 Å². The highest BCUT2D eigenvalue weighted by Gasteiger charge is 2.23. The molecule has 0 aliphatic rings. The molecule has 8 nitrogen and oxygen atoms in total. The molecule has 0 aromatic carbocycles. The normalized spacial score (nSPS) is 14.4. The third kappa shape index (κ3) is 50.2. The fourth-order valence-corrected chi connectivity index (χ4v) is 8.61. The van der Waals surface area contributed by atoms with E-state index in [0.29, 0.717) is 17.4 Å². The van der Waals surface area contributed by atoms with Gasteiger partial charge in [0.1, 0.15) is 13.2 Å². The average Bonchev–Trinajstić information content (AvgIpc) is 3.26. The third-order valence-electron chi connectivity index (χ3n) is 12.2. The Bertz CT molecular complexity index is 1200. The molecule has 0 aromatic heterocycles. The summed E-state index contributed by atoms with van der Waals surface area (Å²) in [6, 6.07) is -0.914. The maximum Gasteiger partial charge on any atom is 0.268 e. The van der Waals surface area contributed by atoms with Gasteiger partial charge in [-0.25, -0.2) is 0 Å². The van der Waals surface area contributed by atoms with Gasteiger partial charge >= 0.3 is 0 Å². The van der Waals surface area contributed by atoms with Gasteiger partial charge < -0.3 is 28.8 Å². The van der Waals surface area contributed by atoms with Crippen molar-refractivity contribution in [3.05, 3.63) is 48.6 Å². The molecule has 0 radical (unpaired) electrons. The van der Waals surface area contributed by atoms with Crippen LogP contribution in [0.15, 0.2) is 48.6 Å². The molecule has 0 bridgehead atoms. The quantitative estimate of drug-likeness (QED) is 0.0272. The van der Waals surface area contributed by atoms with Crippen LogP contribution in [0, 0.1) is 0 Å². The molecule has 1 amide bonds. The second-order valence-corrected chi connectivity index (χ2v) is 21.3. The molecule has 9 heteroatoms. The lowest BCUT2D eigenvalue weighted by Crippen LogP contribution is -2.45. The van der Waals surface area contributed by atoms with Crippen LogP contribution in [-0.4, -0.2) is 68.5 Å². The van der Waals surface area contributed by atoms with Crippen LogP contribution < -0.4 is 10.2 Å². The van der Waals surface area contributed by atoms with Crippen LogP contribution >= 0.6 is 7.82 Å². The van der Waals surface area contributed by atoms with Gasteiger partial charge in [-0.15, -0.1) is 0 Å². The number of nitrogens with zero attached hydrogens (tertiary/aromatic N) is 1. The van der Waals surface area contributed by atoms with E-state index in [1.807, 2.05) is 27.2 Å². The summed E-state index contributed by atoms with van der Waals surface area (Å²) in [5, 5.41) is 13.8. The van der Waals surface area contributed by atoms with Gasteiger partial charge in [0.2, 0.25) is 5.91 Å². The van der Waals surface area contributed by atoms with Gasteiger partial charge in [0.15, 0.2) is 0 Å². The lowest BCUT2D eigenvalue weighted by atomic mass is 10.0. The molecule has 0 aliphatic carbocycles. The first-order valence-corrected chi connectivity index (χ1v) is 29.0. The summed E-state index contributed by atoms with van der Waals surface area (Å²) in [4.78, 5) is 25.3. The van der Waals surface area contributed by atoms with Gasteiger partial charge in [-0.05, 0) is 70.6 Å². The Labute approximate surface area is 403 Å². The van der Waals surface area contributed by atoms with E-state index in [2.05, 4.69) is 55.6 Å². The number of unbranched alkanes of at least 4 members (excludes halogenated alkanes) is 31. The van der Waals surface area contributed by atoms with Gasteiger partial charge in [-0.3, -0.25) is 9.36 Å². The van der Waals surface area contributed by atoms with Crippen LogP contribution in [0.25, 0.3) is 0 Å². The van der Waals surface area contributed by atoms with Crippen LogP contribution in [0.4, 0.5) is 0 Å². The molecule has 382 valence electrons. The topological polar surface area (TPSA) is 108 Å². The van der Waals surface area contributed by atoms with E-state index in [1.165, 1.54) is 167 Å². The van der Waals surface area contributed by atoms with E-state index < -0.39 is 26.6 Å². The van der Waals surface area contributed by atoms with E-state index in [4.69, 9.17) is 9.05 Å². The van der Waals surface area contributed by atoms with Crippen molar-refractivity contribution < 1.29 is 32.9 Å². The summed E-state index contributed by atoms with van der Waals surface area (Å²) < 4.78 is 23.2. The number of amides is 1. The number of likely N-dealkylation sites (N-methyl/N-ethyl adjacent to an activating group) is 1. The van der Waals surface area contributed by atoms with Crippen LogP contribution in [0.1, 0.15) is 251 Å². The molecule has 0 rings (SSSR count). The summed E-state index contributed by atoms with van der Waals surface area (Å²) in [6.45, 7) is 4.60. The maximum absolute atomic E-state index is 12.9. The number of quaternary nitrogens is 1. The molecule has 0 saturated carbocycles. The van der Waals surface area contributed by atoms with Gasteiger partial charge in [0.05, 0.1) is 39.9 Å². The van der Waals surface area contributed by atoms with E-state index in [1.54, 1.807) is 6.08 Å². The number of aliphatic hydroxyl groups is 1. The molecule has 0 aromatic rings. The Hall–Kier alpha value is -1.54. The zero-order chi connectivity index (χ0) is 47.8. The number of hydrogen-bond acceptors (Lipinski definition) is 6. The zero-order valence-corrected chi connectivity index (χ0v) is 44.3. The van der Waals surface area contributed by atoms with Crippen molar-refractivity contribution in [3.63, 3.8) is 0 Å². The van der Waals surface area contributed by atoms with Gasteiger partial charge in [-0.2, -0.15) is 0 Å². The predicted octanol–water partition coefficient (Wildman–Crippen LogP) is 15.7. The number of hydrogen-bond donors (Lipinski definition) is 2. The van der Waals surface area contributed by atoms with Crippen LogP contribution in [0.3, 0.4) is 0 Å². The van der Waals surface area contributed by atoms with E-state index >= 15 is 0 Å². The highest BCUT2D eigenvalue weighted by Crippen LogP contribution is 2.38. The van der Waals surface area contributed by atoms with Crippen LogP contribution in [0.2, 0.25) is 0 Å². The first kappa shape index (κ1) is 63.5. The molecule has 0 saturated heterocycles. The van der Waals surface area contributed by atoms with Crippen molar-refractivity contribution in [2.24, 2.45) is 0 Å². The minimum absolute atomic E-state index is 0.0114. The zero-order valence-electron chi connectivity index (χ0n) is 43.4. The molecule has 0 aliphatic heterocycles. The molecule has 65 heavy (non-hydrogen) atoms. The largest absolute Gasteiger partial charge is 0.756 e. The lowest BCUT2D eigenvalue weighted by Gasteiger charge is -2.29. The Morgan fingerprint density at radius 3 is 1.28 bits per heavy atom. The summed E-state index contributed by atoms with van der Waals surface area (Å²) >= 11 is 0. The first-order valence-electron chi connectivity index (χ1n) is 27.5. The maximum atomic E-state index is 12.9. The first-order chi connectivity index (χ1) is 31.5. The highest BCUT2D eigenvalue weighted by atomic mass is 31.2. The van der Waals surface area contributed by atoms with Crippen molar-refractivity contribution in [1.82, 2.24) is 5.32 Å². The summed E-state index contributed by atoms with van der Waals surface area (Å²) in [5.74, 6) is -0.222. The van der Waals surface area contributed by atoms with Crippen LogP contribution in [0.5, 0.6) is 0 Å². The monoisotopic (exact) mass is 935 g/mol. The second-order valence-electron chi connectivity index (χ2n) is 19.9. The third-order valence-corrected chi connectivity index (χ3v) is 13.2. The van der Waals surface area contributed by atoms with E-state index in [-0.39, 0.29) is 12.5 Å². The Morgan fingerprint density at radius 2 is 0.862 bits per heavy atom.